The number of ether oxygens (including phenoxy) is 3. The summed E-state index contributed by atoms with van der Waals surface area (Å²) in [4.78, 5) is 12.4. The highest BCUT2D eigenvalue weighted by Crippen LogP contribution is 2.29. The third kappa shape index (κ3) is 4.67. The highest BCUT2D eigenvalue weighted by molar-refractivity contribution is 6.00. The number of carbonyl (C=O) groups excluding carboxylic acids is 1. The van der Waals surface area contributed by atoms with Gasteiger partial charge in [-0.1, -0.05) is 11.6 Å². The molecule has 0 saturated heterocycles. The van der Waals surface area contributed by atoms with E-state index in [0.717, 1.165) is 5.56 Å². The van der Waals surface area contributed by atoms with Gasteiger partial charge in [-0.2, -0.15) is 14.0 Å². The highest BCUT2D eigenvalue weighted by Gasteiger charge is 2.17. The van der Waals surface area contributed by atoms with Gasteiger partial charge in [-0.15, -0.1) is 0 Å². The van der Waals surface area contributed by atoms with Gasteiger partial charge in [0.1, 0.15) is 5.75 Å². The first-order valence-corrected chi connectivity index (χ1v) is 7.24. The monoisotopic (exact) mass is 347 g/mol. The molecular weight excluding hydrogens is 332 g/mol. The Bertz CT molecular complexity index is 815. The molecule has 2 aromatic rings. The number of Topliss-reactive ketones (excluding diaryl/α,β-unsaturated/α-hetero) is 1. The van der Waals surface area contributed by atoms with Gasteiger partial charge in [0.2, 0.25) is 5.78 Å². The molecule has 130 valence electrons. The zero-order chi connectivity index (χ0) is 18.4. The summed E-state index contributed by atoms with van der Waals surface area (Å²) in [5, 5.41) is 8.87. The molecule has 25 heavy (non-hydrogen) atoms. The van der Waals surface area contributed by atoms with Crippen molar-refractivity contribution in [2.75, 3.05) is 13.7 Å². The van der Waals surface area contributed by atoms with E-state index in [9.17, 15) is 13.6 Å². The van der Waals surface area contributed by atoms with E-state index < -0.39 is 19.0 Å². The molecule has 0 atom stereocenters. The number of benzene rings is 2. The lowest BCUT2D eigenvalue weighted by atomic mass is 10.1. The Balaban J connectivity index is 2.18. The summed E-state index contributed by atoms with van der Waals surface area (Å²) in [5.74, 6) is -0.175. The lowest BCUT2D eigenvalue weighted by Crippen LogP contribution is -2.15. The fourth-order valence-corrected chi connectivity index (χ4v) is 2.14. The molecule has 0 bridgehead atoms. The third-order valence-electron chi connectivity index (χ3n) is 3.30. The molecule has 0 aliphatic carbocycles. The second kappa shape index (κ2) is 8.11. The Hall–Kier alpha value is -3.14. The first-order chi connectivity index (χ1) is 11.9. The van der Waals surface area contributed by atoms with Gasteiger partial charge in [0.25, 0.3) is 0 Å². The summed E-state index contributed by atoms with van der Waals surface area (Å²) in [5.41, 5.74) is 1.11. The second-order valence-corrected chi connectivity index (χ2v) is 5.07. The van der Waals surface area contributed by atoms with Crippen LogP contribution in [0.1, 0.15) is 21.5 Å². The molecule has 0 heterocycles. The normalized spacial score (nSPS) is 10.2. The minimum absolute atomic E-state index is 0.00733. The number of methoxy groups -OCH3 is 1. The summed E-state index contributed by atoms with van der Waals surface area (Å²) in [6.07, 6.45) is 0. The van der Waals surface area contributed by atoms with Crippen molar-refractivity contribution in [3.63, 3.8) is 0 Å². The second-order valence-electron chi connectivity index (χ2n) is 5.07. The van der Waals surface area contributed by atoms with E-state index in [1.54, 1.807) is 13.0 Å². The van der Waals surface area contributed by atoms with Crippen molar-refractivity contribution in [3.8, 4) is 23.3 Å². The number of ketones is 1. The van der Waals surface area contributed by atoms with Crippen LogP contribution >= 0.6 is 0 Å². The molecule has 0 aromatic heterocycles. The molecule has 0 radical (unpaired) electrons. The van der Waals surface area contributed by atoms with Crippen LogP contribution in [0.15, 0.2) is 36.4 Å². The van der Waals surface area contributed by atoms with Crippen molar-refractivity contribution in [1.29, 1.82) is 5.26 Å². The SMILES string of the molecule is COc1cc(C#N)ccc1OCC(=O)c1cc(C)ccc1OC(F)F. The van der Waals surface area contributed by atoms with E-state index in [4.69, 9.17) is 14.7 Å². The number of aryl methyl sites for hydroxylation is 1. The molecule has 0 spiro atoms. The van der Waals surface area contributed by atoms with Gasteiger partial charge in [0, 0.05) is 6.07 Å². The highest BCUT2D eigenvalue weighted by atomic mass is 19.3. The number of hydrogen-bond acceptors (Lipinski definition) is 5. The van der Waals surface area contributed by atoms with E-state index in [1.165, 1.54) is 37.4 Å². The molecule has 0 fully saturated rings. The smallest absolute Gasteiger partial charge is 0.387 e. The summed E-state index contributed by atoms with van der Waals surface area (Å²) in [6, 6.07) is 10.8. The summed E-state index contributed by atoms with van der Waals surface area (Å²) in [6.45, 7) is -1.70. The van der Waals surface area contributed by atoms with E-state index >= 15 is 0 Å². The molecular formula is C18H15F2NO4. The average molecular weight is 347 g/mol. The first-order valence-electron chi connectivity index (χ1n) is 7.24. The molecule has 5 nitrogen and oxygen atoms in total. The Morgan fingerprint density at radius 2 is 1.88 bits per heavy atom. The molecule has 7 heteroatoms. The van der Waals surface area contributed by atoms with Gasteiger partial charge < -0.3 is 14.2 Å². The molecule has 0 aliphatic rings. The van der Waals surface area contributed by atoms with Gasteiger partial charge >= 0.3 is 6.61 Å². The lowest BCUT2D eigenvalue weighted by molar-refractivity contribution is -0.0501. The van der Waals surface area contributed by atoms with E-state index in [1.807, 2.05) is 6.07 Å². The summed E-state index contributed by atoms with van der Waals surface area (Å²) >= 11 is 0. The van der Waals surface area contributed by atoms with Crippen molar-refractivity contribution in [1.82, 2.24) is 0 Å². The van der Waals surface area contributed by atoms with Crippen molar-refractivity contribution >= 4 is 5.78 Å². The Kier molecular flexibility index (Phi) is 5.90. The molecule has 0 saturated carbocycles. The van der Waals surface area contributed by atoms with Gasteiger partial charge in [-0.3, -0.25) is 4.79 Å². The van der Waals surface area contributed by atoms with E-state index in [-0.39, 0.29) is 17.1 Å². The zero-order valence-electron chi connectivity index (χ0n) is 13.6. The predicted octanol–water partition coefficient (Wildman–Crippen LogP) is 3.74. The quantitative estimate of drug-likeness (QED) is 0.714. The average Bonchev–Trinajstić information content (AvgIpc) is 2.60. The fourth-order valence-electron chi connectivity index (χ4n) is 2.14. The Morgan fingerprint density at radius 1 is 1.16 bits per heavy atom. The standard InChI is InChI=1S/C18H15F2NO4/c1-11-3-5-15(25-18(19)20)13(7-11)14(22)10-24-16-6-4-12(9-21)8-17(16)23-2/h3-8,18H,10H2,1-2H3. The minimum Gasteiger partial charge on any atom is -0.493 e. The van der Waals surface area contributed by atoms with Crippen LogP contribution in [0.3, 0.4) is 0 Å². The lowest BCUT2D eigenvalue weighted by Gasteiger charge is -2.13. The van der Waals surface area contributed by atoms with Crippen LogP contribution < -0.4 is 14.2 Å². The topological polar surface area (TPSA) is 68.5 Å². The van der Waals surface area contributed by atoms with Crippen LogP contribution in [0, 0.1) is 18.3 Å². The van der Waals surface area contributed by atoms with Crippen molar-refractivity contribution < 1.29 is 27.8 Å². The largest absolute Gasteiger partial charge is 0.493 e. The minimum atomic E-state index is -3.03. The van der Waals surface area contributed by atoms with Gasteiger partial charge in [-0.25, -0.2) is 0 Å². The van der Waals surface area contributed by atoms with Gasteiger partial charge in [0.15, 0.2) is 18.1 Å². The number of nitriles is 1. The number of rotatable bonds is 7. The molecule has 0 unspecified atom stereocenters. The van der Waals surface area contributed by atoms with Crippen molar-refractivity contribution in [2.24, 2.45) is 0 Å². The van der Waals surface area contributed by atoms with Crippen LogP contribution in [0.4, 0.5) is 8.78 Å². The molecule has 2 aromatic carbocycles. The molecule has 0 aliphatic heterocycles. The van der Waals surface area contributed by atoms with Crippen LogP contribution in [0.5, 0.6) is 17.2 Å². The van der Waals surface area contributed by atoms with Gasteiger partial charge in [-0.05, 0) is 31.2 Å². The van der Waals surface area contributed by atoms with Crippen molar-refractivity contribution in [2.45, 2.75) is 13.5 Å². The van der Waals surface area contributed by atoms with Crippen LogP contribution in [-0.4, -0.2) is 26.1 Å². The Morgan fingerprint density at radius 3 is 2.52 bits per heavy atom. The third-order valence-corrected chi connectivity index (χ3v) is 3.30. The maximum absolute atomic E-state index is 12.5. The van der Waals surface area contributed by atoms with E-state index in [2.05, 4.69) is 4.74 Å². The van der Waals surface area contributed by atoms with Crippen molar-refractivity contribution in [3.05, 3.63) is 53.1 Å². The number of nitrogens with zero attached hydrogens (tertiary/aromatic N) is 1. The zero-order valence-corrected chi connectivity index (χ0v) is 13.6. The number of hydrogen-bond donors (Lipinski definition) is 0. The maximum atomic E-state index is 12.5. The van der Waals surface area contributed by atoms with Gasteiger partial charge in [0.05, 0.1) is 24.3 Å². The summed E-state index contributed by atoms with van der Waals surface area (Å²) < 4.78 is 39.9. The van der Waals surface area contributed by atoms with E-state index in [0.29, 0.717) is 11.3 Å². The number of carbonyl (C=O) groups is 1. The molecule has 0 N–H and O–H groups in total. The predicted molar refractivity (Wildman–Crippen MR) is 85.3 cm³/mol. The molecule has 0 amide bonds. The summed E-state index contributed by atoms with van der Waals surface area (Å²) in [7, 11) is 1.40. The maximum Gasteiger partial charge on any atom is 0.387 e. The first kappa shape index (κ1) is 18.2. The molecule has 2 rings (SSSR count). The van der Waals surface area contributed by atoms with Crippen LogP contribution in [-0.2, 0) is 0 Å². The Labute approximate surface area is 143 Å². The van der Waals surface area contributed by atoms with Crippen LogP contribution in [0.25, 0.3) is 0 Å². The van der Waals surface area contributed by atoms with Crippen LogP contribution in [0.2, 0.25) is 0 Å². The number of halogens is 2. The fraction of sp³-hybridized carbons (Fsp3) is 0.222. The number of alkyl halides is 2.